The van der Waals surface area contributed by atoms with E-state index in [9.17, 15) is 9.50 Å². The topological polar surface area (TPSA) is 42.8 Å². The van der Waals surface area contributed by atoms with E-state index in [1.54, 1.807) is 6.07 Å². The second kappa shape index (κ2) is 8.85. The summed E-state index contributed by atoms with van der Waals surface area (Å²) in [5, 5.41) is 10.7. The van der Waals surface area contributed by atoms with E-state index in [1.807, 2.05) is 24.4 Å². The van der Waals surface area contributed by atoms with Gasteiger partial charge in [0.1, 0.15) is 0 Å². The predicted octanol–water partition coefficient (Wildman–Crippen LogP) is 4.62. The summed E-state index contributed by atoms with van der Waals surface area (Å²) in [4.78, 5) is 12.0. The number of aromatic nitrogens is 1. The van der Waals surface area contributed by atoms with Crippen LogP contribution in [0.1, 0.15) is 12.8 Å². The van der Waals surface area contributed by atoms with E-state index in [2.05, 4.69) is 32.8 Å². The number of benzene rings is 2. The molecule has 7 heteroatoms. The highest BCUT2D eigenvalue weighted by atomic mass is 35.5. The van der Waals surface area contributed by atoms with Crippen LogP contribution in [-0.2, 0) is 0 Å². The number of phenolic OH excluding ortho intramolecular Hbond substituents is 1. The van der Waals surface area contributed by atoms with Crippen molar-refractivity contribution in [2.75, 3.05) is 51.2 Å². The van der Waals surface area contributed by atoms with Crippen LogP contribution in [0.3, 0.4) is 0 Å². The number of nitrogens with zero attached hydrogens (tertiary/aromatic N) is 4. The second-order valence-electron chi connectivity index (χ2n) is 8.91. The minimum absolute atomic E-state index is 0.0116. The number of piperidine rings is 1. The minimum Gasteiger partial charge on any atom is -0.504 e. The summed E-state index contributed by atoms with van der Waals surface area (Å²) in [6, 6.07) is 11.6. The lowest BCUT2D eigenvalue weighted by Crippen LogP contribution is -2.52. The molecule has 5 rings (SSSR count). The first kappa shape index (κ1) is 21.4. The van der Waals surface area contributed by atoms with Crippen LogP contribution in [0.4, 0.5) is 10.1 Å². The average Bonchev–Trinajstić information content (AvgIpc) is 2.82. The maximum Gasteiger partial charge on any atom is 0.170 e. The summed E-state index contributed by atoms with van der Waals surface area (Å²) >= 11 is 6.01. The minimum atomic E-state index is -0.718. The molecule has 32 heavy (non-hydrogen) atoms. The van der Waals surface area contributed by atoms with Crippen LogP contribution >= 0.6 is 11.6 Å². The fourth-order valence-corrected chi connectivity index (χ4v) is 5.19. The molecule has 2 saturated heterocycles. The molecule has 2 fully saturated rings. The number of fused-ring (bicyclic) bond motifs is 1. The van der Waals surface area contributed by atoms with Gasteiger partial charge in [0.25, 0.3) is 0 Å². The number of phenols is 1. The van der Waals surface area contributed by atoms with Crippen LogP contribution in [0.15, 0.2) is 42.6 Å². The Balaban J connectivity index is 1.40. The molecule has 0 atom stereocenters. The molecule has 0 unspecified atom stereocenters. The summed E-state index contributed by atoms with van der Waals surface area (Å²) in [5.74, 6) is -1.23. The fourth-order valence-electron chi connectivity index (χ4n) is 4.98. The first-order valence-corrected chi connectivity index (χ1v) is 11.6. The third-order valence-electron chi connectivity index (χ3n) is 6.93. The van der Waals surface area contributed by atoms with Crippen LogP contribution in [0.5, 0.6) is 5.75 Å². The van der Waals surface area contributed by atoms with Crippen LogP contribution < -0.4 is 4.90 Å². The largest absolute Gasteiger partial charge is 0.504 e. The SMILES string of the molecule is CN1CCN(C2CCN(c3ccnc4ccc(-c5cc(F)c(O)c(Cl)c5)cc34)CC2)CC1. The standard InChI is InChI=1S/C25H28ClFN4O/c1-29-10-12-30(13-11-29)19-5-8-31(9-6-19)24-4-7-28-23-3-2-17(14-20(23)24)18-15-21(26)25(32)22(27)16-18/h2-4,7,14-16,19,32H,5-6,8-13H2,1H3. The molecule has 0 amide bonds. The number of hydrogen-bond donors (Lipinski definition) is 1. The molecule has 2 aliphatic heterocycles. The number of rotatable bonds is 3. The third kappa shape index (κ3) is 4.15. The van der Waals surface area contributed by atoms with Crippen LogP contribution in [0.2, 0.25) is 5.02 Å². The number of piperazine rings is 1. The van der Waals surface area contributed by atoms with Crippen molar-refractivity contribution in [1.29, 1.82) is 0 Å². The van der Waals surface area contributed by atoms with Crippen molar-refractivity contribution in [3.63, 3.8) is 0 Å². The Morgan fingerprint density at radius 3 is 2.44 bits per heavy atom. The molecular weight excluding hydrogens is 427 g/mol. The summed E-state index contributed by atoms with van der Waals surface area (Å²) in [6.07, 6.45) is 4.18. The molecule has 0 saturated carbocycles. The van der Waals surface area contributed by atoms with Crippen LogP contribution in [0.25, 0.3) is 22.0 Å². The van der Waals surface area contributed by atoms with Gasteiger partial charge in [0.15, 0.2) is 11.6 Å². The zero-order valence-corrected chi connectivity index (χ0v) is 19.0. The monoisotopic (exact) mass is 454 g/mol. The Morgan fingerprint density at radius 2 is 1.72 bits per heavy atom. The van der Waals surface area contributed by atoms with Crippen molar-refractivity contribution >= 4 is 28.2 Å². The third-order valence-corrected chi connectivity index (χ3v) is 7.22. The quantitative estimate of drug-likeness (QED) is 0.625. The van der Waals surface area contributed by atoms with E-state index in [0.717, 1.165) is 68.6 Å². The molecule has 5 nitrogen and oxygen atoms in total. The Bertz CT molecular complexity index is 1100. The van der Waals surface area contributed by atoms with Crippen molar-refractivity contribution in [2.24, 2.45) is 0 Å². The van der Waals surface area contributed by atoms with Crippen molar-refractivity contribution in [3.8, 4) is 16.9 Å². The normalized spacial score (nSPS) is 19.0. The lowest BCUT2D eigenvalue weighted by atomic mass is 9.99. The maximum absolute atomic E-state index is 14.1. The Kier molecular flexibility index (Phi) is 5.93. The van der Waals surface area contributed by atoms with Gasteiger partial charge < -0.3 is 14.9 Å². The molecule has 0 spiro atoms. The summed E-state index contributed by atoms with van der Waals surface area (Å²) in [6.45, 7) is 6.66. The second-order valence-corrected chi connectivity index (χ2v) is 9.32. The van der Waals surface area contributed by atoms with Crippen molar-refractivity contribution in [3.05, 3.63) is 53.4 Å². The number of halogens is 2. The highest BCUT2D eigenvalue weighted by Crippen LogP contribution is 2.36. The van der Waals surface area contributed by atoms with E-state index >= 15 is 0 Å². The van der Waals surface area contributed by atoms with E-state index in [1.165, 1.54) is 11.8 Å². The van der Waals surface area contributed by atoms with Gasteiger partial charge in [-0.3, -0.25) is 9.88 Å². The van der Waals surface area contributed by atoms with Gasteiger partial charge in [-0.15, -0.1) is 0 Å². The molecule has 168 valence electrons. The van der Waals surface area contributed by atoms with Crippen molar-refractivity contribution < 1.29 is 9.50 Å². The molecule has 2 aliphatic rings. The van der Waals surface area contributed by atoms with Gasteiger partial charge in [-0.2, -0.15) is 0 Å². The van der Waals surface area contributed by atoms with Gasteiger partial charge in [0.2, 0.25) is 0 Å². The Hall–Kier alpha value is -2.41. The summed E-state index contributed by atoms with van der Waals surface area (Å²) < 4.78 is 14.1. The molecule has 0 aliphatic carbocycles. The molecule has 2 aromatic carbocycles. The Labute approximate surface area is 193 Å². The highest BCUT2D eigenvalue weighted by Gasteiger charge is 2.27. The molecule has 1 N–H and O–H groups in total. The maximum atomic E-state index is 14.1. The first-order chi connectivity index (χ1) is 15.5. The van der Waals surface area contributed by atoms with Crippen molar-refractivity contribution in [1.82, 2.24) is 14.8 Å². The van der Waals surface area contributed by atoms with Gasteiger partial charge in [0, 0.05) is 62.6 Å². The highest BCUT2D eigenvalue weighted by molar-refractivity contribution is 6.32. The van der Waals surface area contributed by atoms with E-state index < -0.39 is 11.6 Å². The zero-order valence-electron chi connectivity index (χ0n) is 18.3. The summed E-state index contributed by atoms with van der Waals surface area (Å²) in [7, 11) is 2.20. The number of hydrogen-bond acceptors (Lipinski definition) is 5. The Morgan fingerprint density at radius 1 is 0.969 bits per heavy atom. The summed E-state index contributed by atoms with van der Waals surface area (Å²) in [5.41, 5.74) is 3.56. The van der Waals surface area contributed by atoms with Crippen LogP contribution in [0, 0.1) is 5.82 Å². The molecule has 1 aromatic heterocycles. The molecule has 0 bridgehead atoms. The van der Waals surface area contributed by atoms with E-state index in [4.69, 9.17) is 11.6 Å². The number of anilines is 1. The first-order valence-electron chi connectivity index (χ1n) is 11.2. The van der Waals surface area contributed by atoms with Crippen molar-refractivity contribution in [2.45, 2.75) is 18.9 Å². The van der Waals surface area contributed by atoms with Crippen LogP contribution in [-0.4, -0.2) is 72.2 Å². The molecule has 3 heterocycles. The van der Waals surface area contributed by atoms with Gasteiger partial charge in [0.05, 0.1) is 10.5 Å². The number of aromatic hydroxyl groups is 1. The lowest BCUT2D eigenvalue weighted by molar-refractivity contribution is 0.0982. The number of likely N-dealkylation sites (N-methyl/N-ethyl adjacent to an activating group) is 1. The number of pyridine rings is 1. The lowest BCUT2D eigenvalue weighted by Gasteiger charge is -2.42. The van der Waals surface area contributed by atoms with Gasteiger partial charge in [-0.25, -0.2) is 4.39 Å². The molecular formula is C25H28ClFN4O. The van der Waals surface area contributed by atoms with Gasteiger partial charge >= 0.3 is 0 Å². The molecule has 0 radical (unpaired) electrons. The van der Waals surface area contributed by atoms with E-state index in [0.29, 0.717) is 11.6 Å². The van der Waals surface area contributed by atoms with Gasteiger partial charge in [-0.1, -0.05) is 17.7 Å². The zero-order chi connectivity index (χ0) is 22.2. The molecule has 3 aromatic rings. The van der Waals surface area contributed by atoms with Gasteiger partial charge in [-0.05, 0) is 61.3 Å². The predicted molar refractivity (Wildman–Crippen MR) is 128 cm³/mol. The van der Waals surface area contributed by atoms with E-state index in [-0.39, 0.29) is 5.02 Å². The smallest absolute Gasteiger partial charge is 0.170 e. The average molecular weight is 455 g/mol. The fraction of sp³-hybridized carbons (Fsp3) is 0.400.